The molecule has 4 rings (SSSR count). The first kappa shape index (κ1) is 21.3. The van der Waals surface area contributed by atoms with E-state index in [4.69, 9.17) is 0 Å². The normalized spacial score (nSPS) is 17.0. The Morgan fingerprint density at radius 3 is 2.13 bits per heavy atom. The molecule has 0 atom stereocenters. The Labute approximate surface area is 177 Å². The summed E-state index contributed by atoms with van der Waals surface area (Å²) in [6, 6.07) is 11.8. The van der Waals surface area contributed by atoms with Crippen LogP contribution in [0.15, 0.2) is 58.3 Å². The predicted octanol–water partition coefficient (Wildman–Crippen LogP) is 3.86. The van der Waals surface area contributed by atoms with E-state index in [-0.39, 0.29) is 10.8 Å². The summed E-state index contributed by atoms with van der Waals surface area (Å²) >= 11 is 1.62. The third-order valence-electron chi connectivity index (χ3n) is 5.14. The molecule has 1 aromatic heterocycles. The number of rotatable bonds is 5. The van der Waals surface area contributed by atoms with Crippen molar-refractivity contribution in [1.29, 1.82) is 0 Å². The molecule has 6 nitrogen and oxygen atoms in total. The van der Waals surface area contributed by atoms with Crippen LogP contribution in [0.25, 0.3) is 10.2 Å². The van der Waals surface area contributed by atoms with Crippen LogP contribution in [0, 0.1) is 0 Å². The summed E-state index contributed by atoms with van der Waals surface area (Å²) in [6.07, 6.45) is 1.24. The van der Waals surface area contributed by atoms with Crippen molar-refractivity contribution >= 4 is 41.4 Å². The van der Waals surface area contributed by atoms with Crippen LogP contribution in [-0.4, -0.2) is 45.0 Å². The maximum Gasteiger partial charge on any atom is 0.341 e. The number of aromatic nitrogens is 1. The van der Waals surface area contributed by atoms with E-state index in [9.17, 15) is 25.6 Å². The molecule has 30 heavy (non-hydrogen) atoms. The fourth-order valence-corrected chi connectivity index (χ4v) is 6.79. The van der Waals surface area contributed by atoms with E-state index in [0.29, 0.717) is 25.9 Å². The van der Waals surface area contributed by atoms with Crippen molar-refractivity contribution in [3.8, 4) is 0 Å². The first-order chi connectivity index (χ1) is 14.2. The van der Waals surface area contributed by atoms with Crippen LogP contribution in [0.2, 0.25) is 0 Å². The molecule has 1 aliphatic rings. The molecule has 160 valence electrons. The molecule has 2 heterocycles. The molecule has 0 radical (unpaired) electrons. The van der Waals surface area contributed by atoms with Gasteiger partial charge in [0.25, 0.3) is 0 Å². The van der Waals surface area contributed by atoms with Crippen molar-refractivity contribution in [1.82, 2.24) is 9.29 Å². The van der Waals surface area contributed by atoms with Crippen molar-refractivity contribution in [2.75, 3.05) is 13.1 Å². The smallest absolute Gasteiger partial charge is 0.241 e. The van der Waals surface area contributed by atoms with Crippen molar-refractivity contribution in [2.24, 2.45) is 0 Å². The lowest BCUT2D eigenvalue weighted by atomic mass is 9.99. The zero-order chi connectivity index (χ0) is 21.5. The van der Waals surface area contributed by atoms with Gasteiger partial charge in [0.1, 0.15) is 0 Å². The van der Waals surface area contributed by atoms with Gasteiger partial charge in [-0.3, -0.25) is 0 Å². The topological polar surface area (TPSA) is 84.4 Å². The van der Waals surface area contributed by atoms with Gasteiger partial charge in [0.2, 0.25) is 19.9 Å². The average Bonchev–Trinajstić information content (AvgIpc) is 3.18. The minimum absolute atomic E-state index is 0.117. The molecule has 1 saturated heterocycles. The number of halogens is 2. The summed E-state index contributed by atoms with van der Waals surface area (Å²) in [4.78, 5) is 3.94. The number of nitrogens with zero attached hydrogens (tertiary/aromatic N) is 2. The Kier molecular flexibility index (Phi) is 5.64. The average molecular weight is 473 g/mol. The highest BCUT2D eigenvalue weighted by Gasteiger charge is 2.32. The zero-order valence-corrected chi connectivity index (χ0v) is 18.1. The van der Waals surface area contributed by atoms with Crippen LogP contribution in [0.4, 0.5) is 8.78 Å². The highest BCUT2D eigenvalue weighted by atomic mass is 32.2. The number of hydrogen-bond acceptors (Lipinski definition) is 6. The van der Waals surface area contributed by atoms with Gasteiger partial charge >= 0.3 is 5.76 Å². The van der Waals surface area contributed by atoms with Crippen LogP contribution >= 0.6 is 11.3 Å². The van der Waals surface area contributed by atoms with Gasteiger partial charge < -0.3 is 0 Å². The molecule has 0 saturated carbocycles. The third-order valence-corrected chi connectivity index (χ3v) is 9.65. The molecule has 0 amide bonds. The number of hydrogen-bond donors (Lipinski definition) is 0. The van der Waals surface area contributed by atoms with Crippen molar-refractivity contribution in [2.45, 2.75) is 34.3 Å². The first-order valence-corrected chi connectivity index (χ1v) is 13.0. The van der Waals surface area contributed by atoms with Crippen LogP contribution in [0.5, 0.6) is 0 Å². The molecule has 2 aromatic carbocycles. The van der Waals surface area contributed by atoms with Gasteiger partial charge in [-0.05, 0) is 49.2 Å². The Hall–Kier alpha value is -1.95. The van der Waals surface area contributed by atoms with E-state index in [1.54, 1.807) is 11.3 Å². The van der Waals surface area contributed by atoms with Crippen LogP contribution < -0.4 is 0 Å². The molecule has 0 unspecified atom stereocenters. The zero-order valence-electron chi connectivity index (χ0n) is 15.6. The van der Waals surface area contributed by atoms with E-state index in [2.05, 4.69) is 4.98 Å². The largest absolute Gasteiger partial charge is 0.341 e. The highest BCUT2D eigenvalue weighted by molar-refractivity contribution is 7.91. The molecular formula is C19H18F2N2O4S3. The molecule has 0 N–H and O–H groups in total. The van der Waals surface area contributed by atoms with Crippen LogP contribution in [-0.2, 0) is 19.9 Å². The minimum atomic E-state index is -4.76. The maximum atomic E-state index is 12.9. The summed E-state index contributed by atoms with van der Waals surface area (Å²) in [7, 11) is -8.60. The van der Waals surface area contributed by atoms with E-state index in [1.807, 2.05) is 24.3 Å². The van der Waals surface area contributed by atoms with E-state index in [0.717, 1.165) is 39.5 Å². The number of piperidine rings is 1. The molecule has 0 spiro atoms. The second-order valence-corrected chi connectivity index (χ2v) is 11.9. The fraction of sp³-hybridized carbons (Fsp3) is 0.316. The summed E-state index contributed by atoms with van der Waals surface area (Å²) in [5.74, 6) is -3.38. The number of para-hydroxylation sites is 1. The Bertz CT molecular complexity index is 1230. The van der Waals surface area contributed by atoms with E-state index >= 15 is 0 Å². The predicted molar refractivity (Wildman–Crippen MR) is 110 cm³/mol. The quantitative estimate of drug-likeness (QED) is 0.563. The molecule has 11 heteroatoms. The lowest BCUT2D eigenvalue weighted by molar-refractivity contribution is 0.234. The first-order valence-electron chi connectivity index (χ1n) is 9.17. The molecule has 0 bridgehead atoms. The third kappa shape index (κ3) is 3.86. The number of sulfonamides is 1. The van der Waals surface area contributed by atoms with Gasteiger partial charge in [-0.25, -0.2) is 21.8 Å². The Balaban J connectivity index is 1.48. The van der Waals surface area contributed by atoms with Gasteiger partial charge in [-0.15, -0.1) is 11.3 Å². The summed E-state index contributed by atoms with van der Waals surface area (Å²) < 4.78 is 76.5. The molecule has 1 aliphatic heterocycles. The number of thiazole rings is 1. The summed E-state index contributed by atoms with van der Waals surface area (Å²) in [5, 5.41) is 0.995. The van der Waals surface area contributed by atoms with E-state index < -0.39 is 30.5 Å². The SMILES string of the molecule is O=S(=O)(c1ccc(S(=O)(=O)N2CCC(c3nc4ccccc4s3)CC2)cc1)C(F)F. The summed E-state index contributed by atoms with van der Waals surface area (Å²) in [6.45, 7) is 0.611. The van der Waals surface area contributed by atoms with Gasteiger partial charge in [0, 0.05) is 19.0 Å². The standard InChI is InChI=1S/C19H18F2N2O4S3/c20-19(21)29(24,25)14-5-7-15(8-6-14)30(26,27)23-11-9-13(10-12-23)18-22-16-3-1-2-4-17(16)28-18/h1-8,13,19H,9-12H2. The van der Waals surface area contributed by atoms with Gasteiger partial charge in [-0.1, -0.05) is 12.1 Å². The second kappa shape index (κ2) is 7.95. The van der Waals surface area contributed by atoms with Gasteiger partial charge in [0.05, 0.1) is 25.0 Å². The highest BCUT2D eigenvalue weighted by Crippen LogP contribution is 2.35. The van der Waals surface area contributed by atoms with E-state index in [1.165, 1.54) is 4.31 Å². The summed E-state index contributed by atoms with van der Waals surface area (Å²) in [5.41, 5.74) is 0.936. The fourth-order valence-electron chi connectivity index (χ4n) is 3.46. The number of fused-ring (bicyclic) bond motifs is 1. The number of alkyl halides is 2. The van der Waals surface area contributed by atoms with Crippen molar-refractivity contribution in [3.05, 3.63) is 53.5 Å². The van der Waals surface area contributed by atoms with Crippen molar-refractivity contribution < 1.29 is 25.6 Å². The van der Waals surface area contributed by atoms with Crippen LogP contribution in [0.3, 0.4) is 0 Å². The molecule has 0 aliphatic carbocycles. The molecule has 1 fully saturated rings. The minimum Gasteiger partial charge on any atom is -0.241 e. The number of sulfone groups is 1. The lowest BCUT2D eigenvalue weighted by Gasteiger charge is -2.30. The number of benzene rings is 2. The Morgan fingerprint density at radius 2 is 1.53 bits per heavy atom. The lowest BCUT2D eigenvalue weighted by Crippen LogP contribution is -2.37. The monoisotopic (exact) mass is 472 g/mol. The molecular weight excluding hydrogens is 454 g/mol. The Morgan fingerprint density at radius 1 is 0.933 bits per heavy atom. The van der Waals surface area contributed by atoms with Crippen molar-refractivity contribution in [3.63, 3.8) is 0 Å². The second-order valence-electron chi connectivity index (χ2n) is 6.98. The van der Waals surface area contributed by atoms with Gasteiger partial charge in [-0.2, -0.15) is 13.1 Å². The van der Waals surface area contributed by atoms with Gasteiger partial charge in [0.15, 0.2) is 0 Å². The maximum absolute atomic E-state index is 12.9. The molecule has 3 aromatic rings. The van der Waals surface area contributed by atoms with Crippen LogP contribution in [0.1, 0.15) is 23.8 Å².